The predicted molar refractivity (Wildman–Crippen MR) is 135 cm³/mol. The zero-order valence-electron chi connectivity index (χ0n) is 23.3. The quantitative estimate of drug-likeness (QED) is 0.498. The molecular weight excluding hydrogens is 458 g/mol. The minimum atomic E-state index is -2.69. The van der Waals surface area contributed by atoms with Crippen molar-refractivity contribution in [3.63, 3.8) is 0 Å². The number of nitrogens with zero attached hydrogens (tertiary/aromatic N) is 6. The van der Waals surface area contributed by atoms with Gasteiger partial charge in [-0.25, -0.2) is 9.97 Å². The van der Waals surface area contributed by atoms with Crippen molar-refractivity contribution in [1.29, 1.82) is 0 Å². The highest BCUT2D eigenvalue weighted by Gasteiger charge is 2.60. The molecule has 3 N–H and O–H groups in total. The molecular formula is C25H29N9O2. The smallest absolute Gasteiger partial charge is 0.254 e. The Bertz CT molecular complexity index is 1500. The van der Waals surface area contributed by atoms with Crippen molar-refractivity contribution in [2.45, 2.75) is 38.6 Å². The molecule has 0 saturated heterocycles. The average molecular weight is 491 g/mol. The summed E-state index contributed by atoms with van der Waals surface area (Å²) in [7, 11) is 3.68. The number of carbonyl (C=O) groups excluding carboxylic acids is 2. The first-order valence-corrected chi connectivity index (χ1v) is 12.0. The number of aryl methyl sites for hydroxylation is 1. The Morgan fingerprint density at radius 1 is 1.22 bits per heavy atom. The fraction of sp³-hybridized carbons (Fsp3) is 0.440. The lowest BCUT2D eigenvalue weighted by Crippen LogP contribution is -2.28. The summed E-state index contributed by atoms with van der Waals surface area (Å²) in [5.74, 6) is -0.257. The van der Waals surface area contributed by atoms with Gasteiger partial charge < -0.3 is 20.9 Å². The van der Waals surface area contributed by atoms with Crippen LogP contribution in [0.5, 0.6) is 0 Å². The van der Waals surface area contributed by atoms with Crippen LogP contribution in [0.2, 0.25) is 0 Å². The highest BCUT2D eigenvalue weighted by molar-refractivity contribution is 6.02. The van der Waals surface area contributed by atoms with Gasteiger partial charge in [-0.2, -0.15) is 15.0 Å². The molecule has 2 amide bonds. The maximum Gasteiger partial charge on any atom is 0.254 e. The van der Waals surface area contributed by atoms with Gasteiger partial charge in [0.2, 0.25) is 5.91 Å². The molecule has 3 aromatic heterocycles. The van der Waals surface area contributed by atoms with E-state index in [1.807, 2.05) is 30.3 Å². The summed E-state index contributed by atoms with van der Waals surface area (Å²) >= 11 is 0. The molecule has 11 nitrogen and oxygen atoms in total. The van der Waals surface area contributed by atoms with Crippen molar-refractivity contribution in [3.05, 3.63) is 35.8 Å². The van der Waals surface area contributed by atoms with E-state index >= 15 is 0 Å². The zero-order chi connectivity index (χ0) is 27.7. The first kappa shape index (κ1) is 19.2. The minimum absolute atomic E-state index is 0.00267. The molecule has 0 unspecified atom stereocenters. The number of aromatic nitrogens is 5. The van der Waals surface area contributed by atoms with E-state index in [0.29, 0.717) is 5.82 Å². The molecule has 36 heavy (non-hydrogen) atoms. The van der Waals surface area contributed by atoms with Gasteiger partial charge in [-0.15, -0.1) is 0 Å². The Morgan fingerprint density at radius 3 is 2.78 bits per heavy atom. The summed E-state index contributed by atoms with van der Waals surface area (Å²) in [6.07, 6.45) is 7.07. The van der Waals surface area contributed by atoms with E-state index in [4.69, 9.17) is 4.11 Å². The summed E-state index contributed by atoms with van der Waals surface area (Å²) in [6, 6.07) is 3.28. The van der Waals surface area contributed by atoms with Gasteiger partial charge in [0.15, 0.2) is 5.82 Å². The summed E-state index contributed by atoms with van der Waals surface area (Å²) in [5, 5.41) is 17.2. The molecule has 1 spiro atoms. The molecule has 4 heterocycles. The Kier molecular flexibility index (Phi) is 4.27. The predicted octanol–water partition coefficient (Wildman–Crippen LogP) is 3.01. The maximum absolute atomic E-state index is 12.9. The van der Waals surface area contributed by atoms with Crippen LogP contribution in [0.15, 0.2) is 24.5 Å². The lowest BCUT2D eigenvalue weighted by molar-refractivity contribution is -0.118. The molecule has 3 aromatic rings. The minimum Gasteiger partial charge on any atom is -0.363 e. The molecule has 2 fully saturated rings. The van der Waals surface area contributed by atoms with Gasteiger partial charge in [0.25, 0.3) is 5.91 Å². The second kappa shape index (κ2) is 8.00. The molecule has 3 aliphatic rings. The fourth-order valence-electron chi connectivity index (χ4n) is 5.48. The van der Waals surface area contributed by atoms with E-state index in [9.17, 15) is 9.59 Å². The Hall–Kier alpha value is -4.02. The summed E-state index contributed by atoms with van der Waals surface area (Å²) in [6.45, 7) is -0.679. The van der Waals surface area contributed by atoms with Crippen molar-refractivity contribution in [3.8, 4) is 11.3 Å². The van der Waals surface area contributed by atoms with Crippen LogP contribution >= 0.6 is 0 Å². The third-order valence-corrected chi connectivity index (χ3v) is 7.87. The zero-order valence-corrected chi connectivity index (χ0v) is 20.3. The fourth-order valence-corrected chi connectivity index (χ4v) is 5.48. The monoisotopic (exact) mass is 490 g/mol. The number of carbonyl (C=O) groups is 2. The number of hydrogen-bond donors (Lipinski definition) is 3. The molecule has 0 aromatic carbocycles. The summed E-state index contributed by atoms with van der Waals surface area (Å²) in [4.78, 5) is 38.2. The van der Waals surface area contributed by atoms with Crippen LogP contribution in [0.1, 0.15) is 58.8 Å². The summed E-state index contributed by atoms with van der Waals surface area (Å²) < 4.78 is 22.4. The molecule has 2 aliphatic carbocycles. The van der Waals surface area contributed by atoms with Gasteiger partial charge in [-0.3, -0.25) is 9.59 Å². The van der Waals surface area contributed by atoms with Crippen LogP contribution in [0.3, 0.4) is 0 Å². The number of nitrogens with one attached hydrogen (secondary N) is 3. The molecule has 11 heteroatoms. The molecule has 6 rings (SSSR count). The average Bonchev–Trinajstić information content (AvgIpc) is 3.50. The number of hydrogen-bond acceptors (Lipinski definition) is 8. The van der Waals surface area contributed by atoms with Crippen LogP contribution in [0.4, 0.5) is 23.0 Å². The van der Waals surface area contributed by atoms with E-state index in [2.05, 4.69) is 30.8 Å². The van der Waals surface area contributed by atoms with Crippen LogP contribution in [-0.4, -0.2) is 50.8 Å². The molecule has 1 aliphatic heterocycles. The van der Waals surface area contributed by atoms with E-state index in [1.165, 1.54) is 17.1 Å². The third-order valence-electron chi connectivity index (χ3n) is 7.87. The maximum atomic E-state index is 12.9. The first-order chi connectivity index (χ1) is 18.5. The lowest BCUT2D eigenvalue weighted by Gasteiger charge is -2.33. The van der Waals surface area contributed by atoms with Crippen molar-refractivity contribution in [2.24, 2.45) is 18.4 Å². The SMILES string of the molecule is [2H]C([2H])([2H])NC(=O)c1cnc(NC(=O)[C@H]2CC23CCC3)cc1Nc1nccc2c1N(C)[C@@H](C)c1nn(C)nc1-2. The Labute approximate surface area is 212 Å². The van der Waals surface area contributed by atoms with Gasteiger partial charge in [0.1, 0.15) is 17.2 Å². The second-order valence-corrected chi connectivity index (χ2v) is 9.92. The van der Waals surface area contributed by atoms with Crippen LogP contribution in [-0.2, 0) is 11.8 Å². The van der Waals surface area contributed by atoms with Gasteiger partial charge in [-0.1, -0.05) is 6.42 Å². The third kappa shape index (κ3) is 3.41. The number of fused-ring (bicyclic) bond motifs is 3. The highest BCUT2D eigenvalue weighted by Crippen LogP contribution is 2.65. The van der Waals surface area contributed by atoms with Crippen LogP contribution < -0.4 is 20.9 Å². The molecule has 0 bridgehead atoms. The van der Waals surface area contributed by atoms with Crippen molar-refractivity contribution >= 4 is 34.8 Å². The van der Waals surface area contributed by atoms with Gasteiger partial charge in [0, 0.05) is 55.1 Å². The molecule has 2 atom stereocenters. The number of amides is 2. The van der Waals surface area contributed by atoms with E-state index < -0.39 is 12.9 Å². The number of pyridine rings is 2. The molecule has 186 valence electrons. The van der Waals surface area contributed by atoms with Gasteiger partial charge in [0.05, 0.1) is 23.0 Å². The van der Waals surface area contributed by atoms with Crippen molar-refractivity contribution in [2.75, 3.05) is 29.6 Å². The van der Waals surface area contributed by atoms with Crippen LogP contribution in [0.25, 0.3) is 11.3 Å². The number of anilines is 4. The Balaban J connectivity index is 1.36. The number of rotatable bonds is 5. The van der Waals surface area contributed by atoms with E-state index in [1.54, 1.807) is 13.2 Å². The highest BCUT2D eigenvalue weighted by atomic mass is 16.2. The van der Waals surface area contributed by atoms with E-state index in [0.717, 1.165) is 48.3 Å². The molecule has 2 saturated carbocycles. The van der Waals surface area contributed by atoms with Crippen molar-refractivity contribution in [1.82, 2.24) is 30.3 Å². The topological polar surface area (TPSA) is 130 Å². The lowest BCUT2D eigenvalue weighted by atomic mass is 9.80. The van der Waals surface area contributed by atoms with Crippen LogP contribution in [0, 0.1) is 11.3 Å². The normalized spacial score (nSPS) is 22.3. The van der Waals surface area contributed by atoms with Gasteiger partial charge in [-0.05, 0) is 37.7 Å². The molecule has 0 radical (unpaired) electrons. The van der Waals surface area contributed by atoms with E-state index in [-0.39, 0.29) is 40.4 Å². The first-order valence-electron chi connectivity index (χ1n) is 13.5. The standard InChI is InChI=1S/C25H29N9O2/c1-13-19-20(32-34(4)31-19)14-6-9-27-22(21(14)33(13)3)29-17-10-18(28-12-15(17)23(35)26-2)30-24(36)16-11-25(16)7-5-8-25/h6,9-10,12-13,16H,5,7-8,11H2,1-4H3,(H,26,35)(H2,27,28,29,30,36)/t13-,16+/m0/s1/i2D3. The van der Waals surface area contributed by atoms with Crippen molar-refractivity contribution < 1.29 is 13.7 Å². The second-order valence-electron chi connectivity index (χ2n) is 9.92. The van der Waals surface area contributed by atoms with Gasteiger partial charge >= 0.3 is 0 Å². The Morgan fingerprint density at radius 2 is 2.06 bits per heavy atom. The largest absolute Gasteiger partial charge is 0.363 e. The summed E-state index contributed by atoms with van der Waals surface area (Å²) in [5.41, 5.74) is 3.53.